The number of fused-ring (bicyclic) bond motifs is 4. The molecule has 2 heterocycles. The molecule has 4 aromatic rings. The number of phenols is 1. The van der Waals surface area contributed by atoms with Crippen LogP contribution in [-0.2, 0) is 19.7 Å². The summed E-state index contributed by atoms with van der Waals surface area (Å²) in [5, 5.41) is 19.3. The van der Waals surface area contributed by atoms with Crippen LogP contribution in [0.15, 0.2) is 97.1 Å². The van der Waals surface area contributed by atoms with E-state index in [0.29, 0.717) is 5.75 Å². The van der Waals surface area contributed by atoms with Gasteiger partial charge in [0.1, 0.15) is 36.4 Å². The summed E-state index contributed by atoms with van der Waals surface area (Å²) in [5.41, 5.74) is 6.34. The SMILES string of the molecule is O=C(O)C1OC(COc2ccc(C3(c4ccc(O)cc4)c4ccccc4-c4ccccc43)cc2)C2OC12. The summed E-state index contributed by atoms with van der Waals surface area (Å²) < 4.78 is 17.0. The average Bonchev–Trinajstić information content (AvgIpc) is 3.54. The van der Waals surface area contributed by atoms with Crippen molar-refractivity contribution in [2.45, 2.75) is 29.8 Å². The molecule has 2 N–H and O–H groups in total. The maximum absolute atomic E-state index is 11.3. The minimum Gasteiger partial charge on any atom is -0.508 e. The number of epoxide rings is 1. The van der Waals surface area contributed by atoms with E-state index in [4.69, 9.17) is 14.2 Å². The molecule has 4 unspecified atom stereocenters. The molecule has 2 fully saturated rings. The minimum absolute atomic E-state index is 0.218. The molecule has 184 valence electrons. The molecule has 2 aliphatic heterocycles. The molecule has 0 bridgehead atoms. The van der Waals surface area contributed by atoms with Crippen molar-refractivity contribution in [2.24, 2.45) is 0 Å². The summed E-state index contributed by atoms with van der Waals surface area (Å²) in [6.45, 7) is 0.221. The van der Waals surface area contributed by atoms with Crippen LogP contribution in [-0.4, -0.2) is 47.2 Å². The topological polar surface area (TPSA) is 88.5 Å². The Morgan fingerprint density at radius 3 is 1.89 bits per heavy atom. The van der Waals surface area contributed by atoms with E-state index >= 15 is 0 Å². The van der Waals surface area contributed by atoms with Gasteiger partial charge in [-0.25, -0.2) is 4.79 Å². The third kappa shape index (κ3) is 3.30. The Bertz CT molecular complexity index is 1450. The molecule has 2 saturated heterocycles. The van der Waals surface area contributed by atoms with Crippen LogP contribution in [0, 0.1) is 0 Å². The van der Waals surface area contributed by atoms with Crippen LogP contribution in [0.1, 0.15) is 22.3 Å². The van der Waals surface area contributed by atoms with E-state index in [1.54, 1.807) is 12.1 Å². The van der Waals surface area contributed by atoms with Gasteiger partial charge in [-0.05, 0) is 57.6 Å². The van der Waals surface area contributed by atoms with Gasteiger partial charge < -0.3 is 24.4 Å². The number of aliphatic carboxylic acids is 1. The number of hydrogen-bond donors (Lipinski definition) is 2. The summed E-state index contributed by atoms with van der Waals surface area (Å²) >= 11 is 0. The second-order valence-electron chi connectivity index (χ2n) is 9.72. The van der Waals surface area contributed by atoms with E-state index in [2.05, 4.69) is 60.7 Å². The molecule has 7 rings (SSSR count). The first-order valence-electron chi connectivity index (χ1n) is 12.3. The fourth-order valence-electron chi connectivity index (χ4n) is 6.07. The number of carboxylic acids is 1. The van der Waals surface area contributed by atoms with Crippen molar-refractivity contribution in [2.75, 3.05) is 6.61 Å². The molecular weight excluding hydrogens is 468 g/mol. The molecule has 0 radical (unpaired) electrons. The quantitative estimate of drug-likeness (QED) is 0.333. The van der Waals surface area contributed by atoms with Crippen LogP contribution in [0.4, 0.5) is 0 Å². The summed E-state index contributed by atoms with van der Waals surface area (Å²) in [4.78, 5) is 11.3. The number of benzene rings is 4. The molecular formula is C31H24O6. The van der Waals surface area contributed by atoms with Gasteiger partial charge in [0, 0.05) is 0 Å². The fourth-order valence-corrected chi connectivity index (χ4v) is 6.07. The first kappa shape index (κ1) is 22.1. The van der Waals surface area contributed by atoms with E-state index in [9.17, 15) is 15.0 Å². The van der Waals surface area contributed by atoms with Gasteiger partial charge in [-0.3, -0.25) is 0 Å². The largest absolute Gasteiger partial charge is 0.508 e. The zero-order valence-corrected chi connectivity index (χ0v) is 19.8. The van der Waals surface area contributed by atoms with Crippen LogP contribution in [0.25, 0.3) is 11.1 Å². The predicted octanol–water partition coefficient (Wildman–Crippen LogP) is 4.75. The van der Waals surface area contributed by atoms with Gasteiger partial charge in [-0.2, -0.15) is 0 Å². The molecule has 0 aromatic heterocycles. The normalized spacial score (nSPS) is 24.1. The van der Waals surface area contributed by atoms with E-state index in [1.807, 2.05) is 24.3 Å². The molecule has 1 aliphatic carbocycles. The number of carboxylic acid groups (broad SMARTS) is 1. The summed E-state index contributed by atoms with van der Waals surface area (Å²) in [7, 11) is 0. The van der Waals surface area contributed by atoms with E-state index < -0.39 is 23.6 Å². The lowest BCUT2D eigenvalue weighted by Crippen LogP contribution is -2.30. The highest BCUT2D eigenvalue weighted by Gasteiger charge is 2.61. The summed E-state index contributed by atoms with van der Waals surface area (Å²) in [5.74, 6) is -0.108. The van der Waals surface area contributed by atoms with Crippen LogP contribution < -0.4 is 4.74 Å². The number of phenolic OH excluding ortho intramolecular Hbond substituents is 1. The zero-order chi connectivity index (χ0) is 25.1. The van der Waals surface area contributed by atoms with Crippen molar-refractivity contribution in [1.29, 1.82) is 0 Å². The fraction of sp³-hybridized carbons (Fsp3) is 0.194. The Morgan fingerprint density at radius 2 is 1.32 bits per heavy atom. The minimum atomic E-state index is -1.00. The van der Waals surface area contributed by atoms with Gasteiger partial charge >= 0.3 is 5.97 Å². The smallest absolute Gasteiger partial charge is 0.335 e. The maximum atomic E-state index is 11.3. The van der Waals surface area contributed by atoms with Gasteiger partial charge in [0.15, 0.2) is 6.10 Å². The Kier molecular flexibility index (Phi) is 4.90. The monoisotopic (exact) mass is 492 g/mol. The van der Waals surface area contributed by atoms with E-state index in [-0.39, 0.29) is 24.6 Å². The third-order valence-electron chi connectivity index (χ3n) is 7.75. The highest BCUT2D eigenvalue weighted by Crippen LogP contribution is 2.56. The first-order valence-corrected chi connectivity index (χ1v) is 12.3. The number of ether oxygens (including phenoxy) is 3. The maximum Gasteiger partial charge on any atom is 0.335 e. The average molecular weight is 493 g/mol. The van der Waals surface area contributed by atoms with Gasteiger partial charge in [0.25, 0.3) is 0 Å². The standard InChI is InChI=1S/C31H24O6/c32-20-13-9-18(10-14-20)31(24-7-3-1-5-22(24)23-6-2-4-8-25(23)31)19-11-15-21(16-12-19)35-17-26-27-28(37-27)29(36-26)30(33)34/h1-16,26-29,32H,17H2,(H,33,34). The van der Waals surface area contributed by atoms with E-state index in [0.717, 1.165) is 11.1 Å². The van der Waals surface area contributed by atoms with Crippen LogP contribution >= 0.6 is 0 Å². The first-order chi connectivity index (χ1) is 18.1. The van der Waals surface area contributed by atoms with Crippen LogP contribution in [0.5, 0.6) is 11.5 Å². The van der Waals surface area contributed by atoms with Crippen LogP contribution in [0.3, 0.4) is 0 Å². The number of aromatic hydroxyl groups is 1. The van der Waals surface area contributed by atoms with Gasteiger partial charge in [-0.1, -0.05) is 72.8 Å². The highest BCUT2D eigenvalue weighted by molar-refractivity contribution is 5.86. The second-order valence-corrected chi connectivity index (χ2v) is 9.72. The molecule has 37 heavy (non-hydrogen) atoms. The molecule has 4 aromatic carbocycles. The van der Waals surface area contributed by atoms with Gasteiger partial charge in [-0.15, -0.1) is 0 Å². The lowest BCUT2D eigenvalue weighted by Gasteiger charge is -2.34. The molecule has 4 atom stereocenters. The number of hydrogen-bond acceptors (Lipinski definition) is 5. The van der Waals surface area contributed by atoms with E-state index in [1.165, 1.54) is 22.3 Å². The number of carbonyl (C=O) groups is 1. The Labute approximate surface area is 213 Å². The Morgan fingerprint density at radius 1 is 0.757 bits per heavy atom. The lowest BCUT2D eigenvalue weighted by atomic mass is 9.68. The van der Waals surface area contributed by atoms with Gasteiger partial charge in [0.2, 0.25) is 0 Å². The Hall–Kier alpha value is -4.13. The molecule has 6 nitrogen and oxygen atoms in total. The molecule has 0 saturated carbocycles. The van der Waals surface area contributed by atoms with Crippen molar-refractivity contribution in [3.63, 3.8) is 0 Å². The summed E-state index contributed by atoms with van der Waals surface area (Å²) in [6, 6.07) is 32.4. The second kappa shape index (κ2) is 8.20. The molecule has 6 heteroatoms. The van der Waals surface area contributed by atoms with Crippen molar-refractivity contribution >= 4 is 5.97 Å². The lowest BCUT2D eigenvalue weighted by molar-refractivity contribution is -0.156. The number of rotatable bonds is 6. The van der Waals surface area contributed by atoms with Crippen LogP contribution in [0.2, 0.25) is 0 Å². The third-order valence-corrected chi connectivity index (χ3v) is 7.75. The predicted molar refractivity (Wildman–Crippen MR) is 136 cm³/mol. The van der Waals surface area contributed by atoms with Crippen molar-refractivity contribution in [1.82, 2.24) is 0 Å². The Balaban J connectivity index is 1.26. The summed E-state index contributed by atoms with van der Waals surface area (Å²) in [6.07, 6.45) is -1.91. The highest BCUT2D eigenvalue weighted by atomic mass is 16.7. The molecule has 3 aliphatic rings. The zero-order valence-electron chi connectivity index (χ0n) is 19.8. The molecule has 0 spiro atoms. The van der Waals surface area contributed by atoms with Crippen molar-refractivity contribution in [3.05, 3.63) is 119 Å². The van der Waals surface area contributed by atoms with Gasteiger partial charge in [0.05, 0.1) is 5.41 Å². The van der Waals surface area contributed by atoms with Crippen molar-refractivity contribution in [3.8, 4) is 22.6 Å². The van der Waals surface area contributed by atoms with Crippen molar-refractivity contribution < 1.29 is 29.2 Å². The molecule has 0 amide bonds.